The number of carbonyl (C=O) groups is 2. The summed E-state index contributed by atoms with van der Waals surface area (Å²) in [6, 6.07) is 8.04. The second kappa shape index (κ2) is 7.96. The van der Waals surface area contributed by atoms with E-state index in [9.17, 15) is 9.59 Å². The summed E-state index contributed by atoms with van der Waals surface area (Å²) in [7, 11) is 0. The van der Waals surface area contributed by atoms with Crippen LogP contribution >= 0.6 is 23.1 Å². The molecule has 1 aliphatic heterocycles. The van der Waals surface area contributed by atoms with Crippen LogP contribution in [0.4, 0.5) is 0 Å². The van der Waals surface area contributed by atoms with Crippen molar-refractivity contribution in [2.24, 2.45) is 5.92 Å². The standard InChI is InChI=1S/C19H23N3O2S2/c23-17(13-25-19-20-15-7-3-4-8-16(15)26-19)21-9-11-22(12-10-21)18(24)14-5-1-2-6-14/h3-4,7-8,14H,1-2,5-6,9-13H2. The summed E-state index contributed by atoms with van der Waals surface area (Å²) in [5.41, 5.74) is 0.992. The van der Waals surface area contributed by atoms with Crippen LogP contribution in [0.25, 0.3) is 10.2 Å². The largest absolute Gasteiger partial charge is 0.339 e. The van der Waals surface area contributed by atoms with E-state index in [4.69, 9.17) is 0 Å². The highest BCUT2D eigenvalue weighted by Gasteiger charge is 2.30. The van der Waals surface area contributed by atoms with Crippen LogP contribution in [-0.2, 0) is 9.59 Å². The molecule has 138 valence electrons. The van der Waals surface area contributed by atoms with Crippen molar-refractivity contribution >= 4 is 45.1 Å². The first-order chi connectivity index (χ1) is 12.7. The Labute approximate surface area is 161 Å². The number of piperazine rings is 1. The summed E-state index contributed by atoms with van der Waals surface area (Å²) in [6.45, 7) is 2.65. The fourth-order valence-corrected chi connectivity index (χ4v) is 5.71. The lowest BCUT2D eigenvalue weighted by atomic mass is 10.1. The second-order valence-electron chi connectivity index (χ2n) is 6.92. The van der Waals surface area contributed by atoms with Crippen molar-refractivity contribution in [1.82, 2.24) is 14.8 Å². The minimum Gasteiger partial charge on any atom is -0.339 e. The Hall–Kier alpha value is -1.60. The summed E-state index contributed by atoms with van der Waals surface area (Å²) in [6.07, 6.45) is 4.43. The maximum Gasteiger partial charge on any atom is 0.233 e. The minimum absolute atomic E-state index is 0.141. The zero-order chi connectivity index (χ0) is 17.9. The molecule has 2 aliphatic rings. The van der Waals surface area contributed by atoms with Gasteiger partial charge in [-0.1, -0.05) is 36.7 Å². The van der Waals surface area contributed by atoms with Crippen molar-refractivity contribution in [3.8, 4) is 0 Å². The van der Waals surface area contributed by atoms with E-state index in [2.05, 4.69) is 11.1 Å². The normalized spacial score (nSPS) is 18.6. The number of carbonyl (C=O) groups excluding carboxylic acids is 2. The molecule has 1 saturated heterocycles. The van der Waals surface area contributed by atoms with Crippen LogP contribution in [0.2, 0.25) is 0 Å². The van der Waals surface area contributed by atoms with Crippen molar-refractivity contribution in [2.75, 3.05) is 31.9 Å². The fourth-order valence-electron chi connectivity index (χ4n) is 3.73. The zero-order valence-corrected chi connectivity index (χ0v) is 16.4. The van der Waals surface area contributed by atoms with Gasteiger partial charge in [0.2, 0.25) is 11.8 Å². The molecular weight excluding hydrogens is 366 g/mol. The summed E-state index contributed by atoms with van der Waals surface area (Å²) in [5, 5.41) is 0. The van der Waals surface area contributed by atoms with Crippen LogP contribution in [0.1, 0.15) is 25.7 Å². The molecular formula is C19H23N3O2S2. The molecule has 1 aromatic heterocycles. The second-order valence-corrected chi connectivity index (χ2v) is 9.18. The van der Waals surface area contributed by atoms with Crippen molar-refractivity contribution in [1.29, 1.82) is 0 Å². The summed E-state index contributed by atoms with van der Waals surface area (Å²) >= 11 is 3.14. The number of nitrogens with zero attached hydrogens (tertiary/aromatic N) is 3. The van der Waals surface area contributed by atoms with E-state index in [-0.39, 0.29) is 11.8 Å². The Morgan fingerprint density at radius 1 is 1.08 bits per heavy atom. The highest BCUT2D eigenvalue weighted by Crippen LogP contribution is 2.30. The average molecular weight is 390 g/mol. The molecule has 2 fully saturated rings. The molecule has 26 heavy (non-hydrogen) atoms. The molecule has 1 aromatic carbocycles. The maximum absolute atomic E-state index is 12.5. The van der Waals surface area contributed by atoms with Gasteiger partial charge in [-0.2, -0.15) is 0 Å². The smallest absolute Gasteiger partial charge is 0.233 e. The molecule has 7 heteroatoms. The first-order valence-electron chi connectivity index (χ1n) is 9.25. The molecule has 0 unspecified atom stereocenters. The van der Waals surface area contributed by atoms with E-state index in [0.717, 1.165) is 27.4 Å². The number of amides is 2. The number of thiazole rings is 1. The van der Waals surface area contributed by atoms with Crippen molar-refractivity contribution < 1.29 is 9.59 Å². The Morgan fingerprint density at radius 2 is 1.77 bits per heavy atom. The Morgan fingerprint density at radius 3 is 2.50 bits per heavy atom. The first-order valence-corrected chi connectivity index (χ1v) is 11.1. The third-order valence-corrected chi connectivity index (χ3v) is 7.41. The molecule has 0 bridgehead atoms. The predicted octanol–water partition coefficient (Wildman–Crippen LogP) is 3.25. The lowest BCUT2D eigenvalue weighted by Crippen LogP contribution is -2.52. The third-order valence-electron chi connectivity index (χ3n) is 5.24. The molecule has 1 saturated carbocycles. The van der Waals surface area contributed by atoms with Gasteiger partial charge in [0.15, 0.2) is 4.34 Å². The lowest BCUT2D eigenvalue weighted by molar-refractivity contribution is -0.141. The Balaban J connectivity index is 1.26. The Kier molecular flexibility index (Phi) is 5.45. The van der Waals surface area contributed by atoms with Gasteiger partial charge in [-0.25, -0.2) is 4.98 Å². The number of rotatable bonds is 4. The lowest BCUT2D eigenvalue weighted by Gasteiger charge is -2.36. The molecule has 4 rings (SSSR count). The van der Waals surface area contributed by atoms with Crippen molar-refractivity contribution in [3.05, 3.63) is 24.3 Å². The van der Waals surface area contributed by atoms with E-state index in [0.29, 0.717) is 37.8 Å². The summed E-state index contributed by atoms with van der Waals surface area (Å²) < 4.78 is 2.09. The van der Waals surface area contributed by atoms with Crippen LogP contribution in [-0.4, -0.2) is 58.5 Å². The van der Waals surface area contributed by atoms with Gasteiger partial charge >= 0.3 is 0 Å². The number of aromatic nitrogens is 1. The van der Waals surface area contributed by atoms with Crippen LogP contribution in [0, 0.1) is 5.92 Å². The third kappa shape index (κ3) is 3.88. The van der Waals surface area contributed by atoms with Gasteiger partial charge < -0.3 is 9.80 Å². The summed E-state index contributed by atoms with van der Waals surface area (Å²) in [4.78, 5) is 33.4. The highest BCUT2D eigenvalue weighted by molar-refractivity contribution is 8.01. The molecule has 0 radical (unpaired) electrons. The van der Waals surface area contributed by atoms with Gasteiger partial charge in [0, 0.05) is 32.1 Å². The van der Waals surface area contributed by atoms with Gasteiger partial charge in [-0.05, 0) is 25.0 Å². The monoisotopic (exact) mass is 389 g/mol. The van der Waals surface area contributed by atoms with Gasteiger partial charge in [0.05, 0.1) is 16.0 Å². The molecule has 2 amide bonds. The van der Waals surface area contributed by atoms with E-state index in [1.807, 2.05) is 28.0 Å². The van der Waals surface area contributed by atoms with Gasteiger partial charge in [-0.3, -0.25) is 9.59 Å². The molecule has 0 spiro atoms. The molecule has 2 heterocycles. The number of hydrogen-bond acceptors (Lipinski definition) is 5. The first kappa shape index (κ1) is 17.8. The van der Waals surface area contributed by atoms with E-state index in [1.54, 1.807) is 11.3 Å². The topological polar surface area (TPSA) is 53.5 Å². The van der Waals surface area contributed by atoms with Crippen LogP contribution in [0.3, 0.4) is 0 Å². The van der Waals surface area contributed by atoms with Crippen molar-refractivity contribution in [3.63, 3.8) is 0 Å². The average Bonchev–Trinajstić information content (AvgIpc) is 3.35. The van der Waals surface area contributed by atoms with Crippen LogP contribution in [0.15, 0.2) is 28.6 Å². The molecule has 1 aliphatic carbocycles. The number of thioether (sulfide) groups is 1. The zero-order valence-electron chi connectivity index (χ0n) is 14.7. The maximum atomic E-state index is 12.5. The molecule has 0 atom stereocenters. The highest BCUT2D eigenvalue weighted by atomic mass is 32.2. The number of hydrogen-bond donors (Lipinski definition) is 0. The SMILES string of the molecule is O=C(CSc1nc2ccccc2s1)N1CCN(C(=O)C2CCCC2)CC1. The van der Waals surface area contributed by atoms with Gasteiger partial charge in [-0.15, -0.1) is 11.3 Å². The minimum atomic E-state index is 0.141. The van der Waals surface area contributed by atoms with Crippen LogP contribution < -0.4 is 0 Å². The van der Waals surface area contributed by atoms with E-state index < -0.39 is 0 Å². The van der Waals surface area contributed by atoms with Gasteiger partial charge in [0.1, 0.15) is 0 Å². The summed E-state index contributed by atoms with van der Waals surface area (Å²) in [5.74, 6) is 1.09. The van der Waals surface area contributed by atoms with E-state index in [1.165, 1.54) is 24.6 Å². The Bertz CT molecular complexity index is 760. The number of para-hydroxylation sites is 1. The molecule has 0 N–H and O–H groups in total. The van der Waals surface area contributed by atoms with Crippen LogP contribution in [0.5, 0.6) is 0 Å². The number of fused-ring (bicyclic) bond motifs is 1. The quantitative estimate of drug-likeness (QED) is 0.753. The molecule has 5 nitrogen and oxygen atoms in total. The van der Waals surface area contributed by atoms with Crippen molar-refractivity contribution in [2.45, 2.75) is 30.0 Å². The predicted molar refractivity (Wildman–Crippen MR) is 105 cm³/mol. The number of benzene rings is 1. The fraction of sp³-hybridized carbons (Fsp3) is 0.526. The molecule has 2 aromatic rings. The van der Waals surface area contributed by atoms with Gasteiger partial charge in [0.25, 0.3) is 0 Å². The van der Waals surface area contributed by atoms with E-state index >= 15 is 0 Å².